The predicted octanol–water partition coefficient (Wildman–Crippen LogP) is 2.54. The van der Waals surface area contributed by atoms with Crippen LogP contribution in [0, 0.1) is 0 Å². The van der Waals surface area contributed by atoms with Gasteiger partial charge in [0.1, 0.15) is 0 Å². The largest absolute Gasteiger partial charge is 0.305 e. The first-order valence-corrected chi connectivity index (χ1v) is 9.07. The van der Waals surface area contributed by atoms with Crippen LogP contribution in [0.3, 0.4) is 0 Å². The van der Waals surface area contributed by atoms with Crippen molar-refractivity contribution in [3.63, 3.8) is 0 Å². The third-order valence-corrected chi connectivity index (χ3v) is 6.58. The van der Waals surface area contributed by atoms with Crippen molar-refractivity contribution in [3.8, 4) is 0 Å². The normalized spacial score (nSPS) is 19.3. The van der Waals surface area contributed by atoms with Gasteiger partial charge in [-0.05, 0) is 54.1 Å². The summed E-state index contributed by atoms with van der Waals surface area (Å²) in [4.78, 5) is 2.48. The van der Waals surface area contributed by atoms with Crippen LogP contribution in [0.2, 0.25) is 0 Å². The fraction of sp³-hybridized carbons (Fsp3) is 0.500. The van der Waals surface area contributed by atoms with E-state index < -0.39 is 10.0 Å². The van der Waals surface area contributed by atoms with Crippen molar-refractivity contribution < 1.29 is 8.42 Å². The molecule has 0 spiro atoms. The minimum absolute atomic E-state index is 0.325. The van der Waals surface area contributed by atoms with E-state index in [0.717, 1.165) is 24.0 Å². The highest BCUT2D eigenvalue weighted by atomic mass is 79.9. The molecule has 0 bridgehead atoms. The monoisotopic (exact) mass is 410 g/mol. The molecule has 7 heteroatoms. The van der Waals surface area contributed by atoms with Crippen molar-refractivity contribution >= 4 is 41.9 Å². The highest BCUT2D eigenvalue weighted by Gasteiger charge is 2.28. The van der Waals surface area contributed by atoms with Crippen LogP contribution in [0.1, 0.15) is 6.42 Å². The van der Waals surface area contributed by atoms with Crippen LogP contribution in [0.15, 0.2) is 32.0 Å². The first kappa shape index (κ1) is 15.4. The topological polar surface area (TPSA) is 40.6 Å². The van der Waals surface area contributed by atoms with Gasteiger partial charge in [-0.1, -0.05) is 15.9 Å². The Morgan fingerprint density at radius 3 is 2.58 bits per heavy atom. The predicted molar refractivity (Wildman–Crippen MR) is 82.7 cm³/mol. The molecule has 0 aromatic heterocycles. The van der Waals surface area contributed by atoms with Gasteiger partial charge in [0.05, 0.1) is 4.90 Å². The van der Waals surface area contributed by atoms with E-state index in [1.165, 1.54) is 0 Å². The second-order valence-electron chi connectivity index (χ2n) is 4.64. The van der Waals surface area contributed by atoms with Gasteiger partial charge in [-0.2, -0.15) is 4.31 Å². The zero-order valence-electron chi connectivity index (χ0n) is 10.6. The summed E-state index contributed by atoms with van der Waals surface area (Å²) in [6, 6.07) is 5.22. The zero-order chi connectivity index (χ0) is 14.0. The van der Waals surface area contributed by atoms with E-state index in [9.17, 15) is 8.42 Å². The van der Waals surface area contributed by atoms with E-state index >= 15 is 0 Å². The molecule has 1 aromatic rings. The van der Waals surface area contributed by atoms with Crippen molar-refractivity contribution in [1.29, 1.82) is 0 Å². The average molecular weight is 412 g/mol. The van der Waals surface area contributed by atoms with Crippen LogP contribution in [-0.4, -0.2) is 50.8 Å². The van der Waals surface area contributed by atoms with Gasteiger partial charge in [0.15, 0.2) is 0 Å². The Balaban J connectivity index is 2.33. The van der Waals surface area contributed by atoms with Crippen LogP contribution in [0.25, 0.3) is 0 Å². The number of nitrogens with zero attached hydrogens (tertiary/aromatic N) is 2. The second-order valence-corrected chi connectivity index (χ2v) is 8.31. The summed E-state index contributed by atoms with van der Waals surface area (Å²) < 4.78 is 28.3. The molecule has 0 atom stereocenters. The fourth-order valence-electron chi connectivity index (χ4n) is 2.08. The molecule has 0 unspecified atom stereocenters. The summed E-state index contributed by atoms with van der Waals surface area (Å²) in [6.45, 7) is 2.82. The van der Waals surface area contributed by atoms with Crippen LogP contribution in [0.4, 0.5) is 0 Å². The molecule has 1 heterocycles. The lowest BCUT2D eigenvalue weighted by atomic mass is 10.4. The minimum Gasteiger partial charge on any atom is -0.305 e. The first-order valence-electron chi connectivity index (χ1n) is 6.05. The van der Waals surface area contributed by atoms with E-state index in [-0.39, 0.29) is 0 Å². The molecule has 1 aliphatic rings. The molecular formula is C12H16Br2N2O2S. The molecule has 106 valence electrons. The summed E-state index contributed by atoms with van der Waals surface area (Å²) in [5.41, 5.74) is 0. The lowest BCUT2D eigenvalue weighted by Gasteiger charge is -2.21. The molecule has 0 radical (unpaired) electrons. The second kappa shape index (κ2) is 6.22. The molecule has 1 aliphatic heterocycles. The molecule has 0 aliphatic carbocycles. The molecule has 0 amide bonds. The molecule has 2 rings (SSSR count). The molecule has 19 heavy (non-hydrogen) atoms. The quantitative estimate of drug-likeness (QED) is 0.750. The Morgan fingerprint density at radius 2 is 1.84 bits per heavy atom. The third-order valence-electron chi connectivity index (χ3n) is 3.19. The van der Waals surface area contributed by atoms with Gasteiger partial charge >= 0.3 is 0 Å². The number of halogens is 2. The number of hydrogen-bond acceptors (Lipinski definition) is 3. The smallest absolute Gasteiger partial charge is 0.244 e. The summed E-state index contributed by atoms with van der Waals surface area (Å²) >= 11 is 6.65. The number of rotatable bonds is 2. The van der Waals surface area contributed by atoms with Crippen molar-refractivity contribution in [2.75, 3.05) is 33.2 Å². The van der Waals surface area contributed by atoms with Gasteiger partial charge < -0.3 is 4.90 Å². The lowest BCUT2D eigenvalue weighted by Crippen LogP contribution is -2.34. The van der Waals surface area contributed by atoms with Crippen molar-refractivity contribution in [2.24, 2.45) is 0 Å². The van der Waals surface area contributed by atoms with E-state index in [0.29, 0.717) is 22.5 Å². The highest BCUT2D eigenvalue weighted by molar-refractivity contribution is 9.11. The van der Waals surface area contributed by atoms with Crippen molar-refractivity contribution in [2.45, 2.75) is 11.3 Å². The Labute approximate surface area is 131 Å². The molecule has 0 saturated carbocycles. The first-order chi connectivity index (χ1) is 8.91. The van der Waals surface area contributed by atoms with Crippen LogP contribution >= 0.6 is 31.9 Å². The summed E-state index contributed by atoms with van der Waals surface area (Å²) in [7, 11) is -1.41. The minimum atomic E-state index is -3.43. The van der Waals surface area contributed by atoms with Gasteiger partial charge in [0, 0.05) is 28.6 Å². The van der Waals surface area contributed by atoms with Crippen molar-refractivity contribution in [3.05, 3.63) is 27.1 Å². The fourth-order valence-corrected chi connectivity index (χ4v) is 5.01. The Morgan fingerprint density at radius 1 is 1.11 bits per heavy atom. The van der Waals surface area contributed by atoms with Gasteiger partial charge in [0.2, 0.25) is 10.0 Å². The van der Waals surface area contributed by atoms with Gasteiger partial charge in [-0.3, -0.25) is 0 Å². The summed E-state index contributed by atoms with van der Waals surface area (Å²) in [5, 5.41) is 0. The van der Waals surface area contributed by atoms with Gasteiger partial charge in [-0.25, -0.2) is 8.42 Å². The average Bonchev–Trinajstić information content (AvgIpc) is 2.57. The van der Waals surface area contributed by atoms with E-state index in [1.54, 1.807) is 16.4 Å². The Kier molecular flexibility index (Phi) is 5.05. The molecule has 1 aromatic carbocycles. The molecule has 4 nitrogen and oxygen atoms in total. The third kappa shape index (κ3) is 3.58. The SMILES string of the molecule is CN1CCCN(S(=O)(=O)c2cc(Br)ccc2Br)CC1. The number of likely N-dealkylation sites (N-methyl/N-ethyl adjacent to an activating group) is 1. The van der Waals surface area contributed by atoms with E-state index in [2.05, 4.69) is 36.8 Å². The maximum atomic E-state index is 12.7. The molecule has 1 fully saturated rings. The Hall–Kier alpha value is 0.0500. The van der Waals surface area contributed by atoms with Crippen LogP contribution in [-0.2, 0) is 10.0 Å². The Bertz CT molecular complexity index is 563. The van der Waals surface area contributed by atoms with Crippen LogP contribution < -0.4 is 0 Å². The number of hydrogen-bond donors (Lipinski definition) is 0. The standard InChI is InChI=1S/C12H16Br2N2O2S/c1-15-5-2-6-16(8-7-15)19(17,18)12-9-10(13)3-4-11(12)14/h3-4,9H,2,5-8H2,1H3. The maximum absolute atomic E-state index is 12.7. The summed E-state index contributed by atoms with van der Waals surface area (Å²) in [5.74, 6) is 0. The molecular weight excluding hydrogens is 396 g/mol. The van der Waals surface area contributed by atoms with Crippen molar-refractivity contribution in [1.82, 2.24) is 9.21 Å². The molecule has 1 saturated heterocycles. The van der Waals surface area contributed by atoms with E-state index in [1.807, 2.05) is 13.1 Å². The lowest BCUT2D eigenvalue weighted by molar-refractivity contribution is 0.347. The van der Waals surface area contributed by atoms with E-state index in [4.69, 9.17) is 0 Å². The van der Waals surface area contributed by atoms with Gasteiger partial charge in [0.25, 0.3) is 0 Å². The maximum Gasteiger partial charge on any atom is 0.244 e. The number of sulfonamides is 1. The highest BCUT2D eigenvalue weighted by Crippen LogP contribution is 2.28. The zero-order valence-corrected chi connectivity index (χ0v) is 14.6. The van der Waals surface area contributed by atoms with Crippen LogP contribution in [0.5, 0.6) is 0 Å². The van der Waals surface area contributed by atoms with Gasteiger partial charge in [-0.15, -0.1) is 0 Å². The molecule has 0 N–H and O–H groups in total. The number of benzene rings is 1. The summed E-state index contributed by atoms with van der Waals surface area (Å²) in [6.07, 6.45) is 0.862.